The SMILES string of the molecule is B.O=[N+]([O-])O.[KH].[Zr]. The first-order valence-electron chi connectivity index (χ1n) is 0.565. The first-order valence-corrected chi connectivity index (χ1v) is 0.565. The molecule has 0 spiro atoms. The zero-order valence-corrected chi connectivity index (χ0v) is 4.67. The monoisotopic (exact) mass is 207 g/mol. The molecule has 0 aromatic heterocycles. The molecule has 7 heteroatoms. The Bertz CT molecular complexity index is 37.9. The Kier molecular flexibility index (Phi) is 52.0. The third-order valence-corrected chi connectivity index (χ3v) is 0. The summed E-state index contributed by atoms with van der Waals surface area (Å²) < 4.78 is 0. The molecule has 0 rings (SSSR count). The van der Waals surface area contributed by atoms with Crippen molar-refractivity contribution in [3.05, 3.63) is 10.1 Å². The molecule has 0 fully saturated rings. The third kappa shape index (κ3) is 81.8. The minimum absolute atomic E-state index is 0. The first kappa shape index (κ1) is 23.3. The van der Waals surface area contributed by atoms with Crippen molar-refractivity contribution < 1.29 is 36.5 Å². The Morgan fingerprint density at radius 3 is 1.57 bits per heavy atom. The van der Waals surface area contributed by atoms with Crippen LogP contribution in [0.3, 0.4) is 0 Å². The molecule has 4 nitrogen and oxygen atoms in total. The van der Waals surface area contributed by atoms with Crippen LogP contribution in [0.15, 0.2) is 0 Å². The summed E-state index contributed by atoms with van der Waals surface area (Å²) in [6.07, 6.45) is 0. The van der Waals surface area contributed by atoms with Crippen LogP contribution in [0.1, 0.15) is 0 Å². The quantitative estimate of drug-likeness (QED) is 0.279. The van der Waals surface area contributed by atoms with Crippen molar-refractivity contribution >= 4 is 59.8 Å². The van der Waals surface area contributed by atoms with Crippen molar-refractivity contribution in [3.8, 4) is 0 Å². The van der Waals surface area contributed by atoms with Gasteiger partial charge in [0.15, 0.2) is 0 Å². The number of nitrogens with zero attached hydrogens (tertiary/aromatic N) is 1. The molecule has 0 aliphatic carbocycles. The van der Waals surface area contributed by atoms with Gasteiger partial charge >= 0.3 is 51.4 Å². The molecule has 0 unspecified atom stereocenters. The molecule has 0 aliphatic rings. The van der Waals surface area contributed by atoms with Crippen molar-refractivity contribution in [3.63, 3.8) is 0 Å². The molecule has 0 aromatic rings. The summed E-state index contributed by atoms with van der Waals surface area (Å²) in [6, 6.07) is 0. The van der Waals surface area contributed by atoms with Gasteiger partial charge in [0, 0.05) is 26.2 Å². The maximum absolute atomic E-state index is 8.36. The zero-order chi connectivity index (χ0) is 3.58. The molecule has 0 heterocycles. The maximum Gasteiger partial charge on any atom is 0 e. The molecule has 0 radical (unpaired) electrons. The van der Waals surface area contributed by atoms with E-state index in [1.54, 1.807) is 0 Å². The van der Waals surface area contributed by atoms with E-state index < -0.39 is 5.09 Å². The largest absolute Gasteiger partial charge is 0 e. The van der Waals surface area contributed by atoms with Crippen LogP contribution < -0.4 is 0 Å². The predicted octanol–water partition coefficient (Wildman–Crippen LogP) is -2.18. The first-order chi connectivity index (χ1) is 1.73. The standard InChI is InChI=1S/BH3.K.HNO3.Zr.H/c;;2-1(3)4;;/h1H3;;(H,2,3,4);;. The van der Waals surface area contributed by atoms with Gasteiger partial charge in [-0.3, -0.25) is 0 Å². The van der Waals surface area contributed by atoms with E-state index in [-0.39, 0.29) is 86.0 Å². The summed E-state index contributed by atoms with van der Waals surface area (Å²) in [4.78, 5) is 8.36. The Morgan fingerprint density at radius 2 is 1.57 bits per heavy atom. The van der Waals surface area contributed by atoms with Gasteiger partial charge in [-0.2, -0.15) is 0 Å². The Morgan fingerprint density at radius 1 is 1.57 bits per heavy atom. The van der Waals surface area contributed by atoms with Gasteiger partial charge in [-0.15, -0.1) is 10.1 Å². The molecule has 0 aliphatic heterocycles. The van der Waals surface area contributed by atoms with Crippen LogP contribution in [0, 0.1) is 10.1 Å². The fourth-order valence-corrected chi connectivity index (χ4v) is 0. The van der Waals surface area contributed by atoms with Crippen molar-refractivity contribution in [2.45, 2.75) is 0 Å². The van der Waals surface area contributed by atoms with Gasteiger partial charge in [-0.25, -0.2) is 0 Å². The molecule has 1 N–H and O–H groups in total. The zero-order valence-electron chi connectivity index (χ0n) is 2.21. The summed E-state index contributed by atoms with van der Waals surface area (Å²) in [6.45, 7) is 0. The van der Waals surface area contributed by atoms with E-state index in [2.05, 4.69) is 0 Å². The van der Waals surface area contributed by atoms with Crippen LogP contribution in [0.2, 0.25) is 0 Å². The fraction of sp³-hybridized carbons (Fsp3) is 0. The second-order valence-corrected chi connectivity index (χ2v) is 0.238. The Balaban J connectivity index is -0.0000000150. The van der Waals surface area contributed by atoms with E-state index in [0.29, 0.717) is 0 Å². The van der Waals surface area contributed by atoms with Crippen molar-refractivity contribution in [1.29, 1.82) is 0 Å². The van der Waals surface area contributed by atoms with Gasteiger partial charge in [0.05, 0.1) is 8.41 Å². The maximum atomic E-state index is 8.36. The average molecular weight is 208 g/mol. The molecule has 0 atom stereocenters. The van der Waals surface area contributed by atoms with Crippen LogP contribution in [0.5, 0.6) is 0 Å². The Labute approximate surface area is 104 Å². The second kappa shape index (κ2) is 15.7. The summed E-state index contributed by atoms with van der Waals surface area (Å²) in [5, 5.41) is 13.6. The van der Waals surface area contributed by atoms with E-state index >= 15 is 0 Å². The van der Waals surface area contributed by atoms with E-state index in [0.717, 1.165) is 0 Å². The van der Waals surface area contributed by atoms with E-state index in [1.165, 1.54) is 0 Å². The minimum atomic E-state index is -1.50. The summed E-state index contributed by atoms with van der Waals surface area (Å²) in [5.74, 6) is 0. The van der Waals surface area contributed by atoms with Gasteiger partial charge in [-0.05, 0) is 0 Å². The molecular weight excluding hydrogens is 203 g/mol. The van der Waals surface area contributed by atoms with Crippen LogP contribution in [-0.4, -0.2) is 70.1 Å². The van der Waals surface area contributed by atoms with Crippen LogP contribution in [0.25, 0.3) is 0 Å². The van der Waals surface area contributed by atoms with Crippen molar-refractivity contribution in [2.75, 3.05) is 0 Å². The van der Waals surface area contributed by atoms with Gasteiger partial charge in [0.2, 0.25) is 0 Å². The summed E-state index contributed by atoms with van der Waals surface area (Å²) >= 11 is 0. The van der Waals surface area contributed by atoms with Crippen molar-refractivity contribution in [1.82, 2.24) is 0 Å². The topological polar surface area (TPSA) is 63.4 Å². The van der Waals surface area contributed by atoms with Crippen LogP contribution in [-0.2, 0) is 26.2 Å². The third-order valence-electron chi connectivity index (χ3n) is 0. The molecule has 0 saturated heterocycles. The predicted molar refractivity (Wildman–Crippen MR) is 25.9 cm³/mol. The van der Waals surface area contributed by atoms with Crippen molar-refractivity contribution in [2.24, 2.45) is 0 Å². The molecule has 0 saturated carbocycles. The van der Waals surface area contributed by atoms with Crippen LogP contribution >= 0.6 is 0 Å². The molecule has 0 amide bonds. The van der Waals surface area contributed by atoms with E-state index in [9.17, 15) is 0 Å². The molecular formula is H5BKNO3Zr. The summed E-state index contributed by atoms with van der Waals surface area (Å²) in [5.41, 5.74) is 0. The average Bonchev–Trinajstić information content (AvgIpc) is 0.811. The molecule has 7 heavy (non-hydrogen) atoms. The molecule has 0 bridgehead atoms. The smallest absolute Gasteiger partial charge is 0 e. The summed E-state index contributed by atoms with van der Waals surface area (Å²) in [7, 11) is 0. The van der Waals surface area contributed by atoms with Gasteiger partial charge in [0.1, 0.15) is 0 Å². The van der Waals surface area contributed by atoms with E-state index in [4.69, 9.17) is 15.3 Å². The second-order valence-electron chi connectivity index (χ2n) is 0.238. The fourth-order valence-electron chi connectivity index (χ4n) is 0. The molecule has 0 aromatic carbocycles. The van der Waals surface area contributed by atoms with Crippen LogP contribution in [0.4, 0.5) is 0 Å². The normalized spacial score (nSPS) is 3.43. The number of hydrogen-bond acceptors (Lipinski definition) is 2. The minimum Gasteiger partial charge on any atom is 0 e. The number of rotatable bonds is 0. The van der Waals surface area contributed by atoms with Gasteiger partial charge in [0.25, 0.3) is 5.09 Å². The Hall–Kier alpha value is 1.78. The van der Waals surface area contributed by atoms with E-state index in [1.807, 2.05) is 0 Å². The number of hydrogen-bond donors (Lipinski definition) is 1. The molecule has 36 valence electrons. The van der Waals surface area contributed by atoms with Gasteiger partial charge < -0.3 is 5.21 Å². The van der Waals surface area contributed by atoms with Gasteiger partial charge in [-0.1, -0.05) is 0 Å².